The Bertz CT molecular complexity index is 258. The van der Waals surface area contributed by atoms with Crippen molar-refractivity contribution in [2.45, 2.75) is 19.5 Å². The monoisotopic (exact) mass is 183 g/mol. The second kappa shape index (κ2) is 4.61. The Kier molecular flexibility index (Phi) is 3.45. The van der Waals surface area contributed by atoms with E-state index in [0.29, 0.717) is 0 Å². The van der Waals surface area contributed by atoms with E-state index in [1.54, 1.807) is 30.2 Å². The van der Waals surface area contributed by atoms with Crippen molar-refractivity contribution in [2.24, 2.45) is 0 Å². The van der Waals surface area contributed by atoms with Gasteiger partial charge in [0.2, 0.25) is 5.91 Å². The SMILES string of the molecule is C[C@@H](CO)NC(=O)Cn1ccnc1. The molecule has 1 aromatic heterocycles. The number of carbonyl (C=O) groups excluding carboxylic acids is 1. The number of rotatable bonds is 4. The summed E-state index contributed by atoms with van der Waals surface area (Å²) in [6, 6.07) is -0.198. The average molecular weight is 183 g/mol. The third kappa shape index (κ3) is 3.25. The van der Waals surface area contributed by atoms with Crippen LogP contribution in [-0.2, 0) is 11.3 Å². The number of aliphatic hydroxyl groups is 1. The van der Waals surface area contributed by atoms with Gasteiger partial charge in [-0.3, -0.25) is 4.79 Å². The van der Waals surface area contributed by atoms with Gasteiger partial charge in [-0.1, -0.05) is 0 Å². The summed E-state index contributed by atoms with van der Waals surface area (Å²) >= 11 is 0. The molecule has 0 aliphatic carbocycles. The van der Waals surface area contributed by atoms with Crippen LogP contribution in [0, 0.1) is 0 Å². The van der Waals surface area contributed by atoms with Gasteiger partial charge in [0, 0.05) is 18.4 Å². The molecule has 0 fully saturated rings. The van der Waals surface area contributed by atoms with Crippen LogP contribution in [-0.4, -0.2) is 33.2 Å². The van der Waals surface area contributed by atoms with Gasteiger partial charge in [-0.2, -0.15) is 0 Å². The van der Waals surface area contributed by atoms with Crippen LogP contribution >= 0.6 is 0 Å². The van der Waals surface area contributed by atoms with Crippen LogP contribution in [0.3, 0.4) is 0 Å². The van der Waals surface area contributed by atoms with Crippen molar-refractivity contribution in [3.63, 3.8) is 0 Å². The van der Waals surface area contributed by atoms with Crippen LogP contribution in [0.4, 0.5) is 0 Å². The molecule has 5 heteroatoms. The maximum Gasteiger partial charge on any atom is 0.240 e. The first kappa shape index (κ1) is 9.73. The van der Waals surface area contributed by atoms with Gasteiger partial charge < -0.3 is 15.0 Å². The average Bonchev–Trinajstić information content (AvgIpc) is 2.56. The normalized spacial score (nSPS) is 12.5. The quantitative estimate of drug-likeness (QED) is 0.653. The minimum Gasteiger partial charge on any atom is -0.394 e. The summed E-state index contributed by atoms with van der Waals surface area (Å²) in [5, 5.41) is 11.3. The fraction of sp³-hybridized carbons (Fsp3) is 0.500. The Morgan fingerprint density at radius 3 is 3.08 bits per heavy atom. The van der Waals surface area contributed by atoms with E-state index in [1.807, 2.05) is 0 Å². The minimum absolute atomic E-state index is 0.0460. The summed E-state index contributed by atoms with van der Waals surface area (Å²) in [6.07, 6.45) is 4.90. The van der Waals surface area contributed by atoms with Gasteiger partial charge in [-0.05, 0) is 6.92 Å². The van der Waals surface area contributed by atoms with Crippen LogP contribution in [0.2, 0.25) is 0 Å². The van der Waals surface area contributed by atoms with Gasteiger partial charge >= 0.3 is 0 Å². The van der Waals surface area contributed by atoms with Crippen molar-refractivity contribution in [2.75, 3.05) is 6.61 Å². The van der Waals surface area contributed by atoms with E-state index < -0.39 is 0 Å². The van der Waals surface area contributed by atoms with Crippen molar-refractivity contribution in [1.29, 1.82) is 0 Å². The standard InChI is InChI=1S/C8H13N3O2/c1-7(5-12)10-8(13)4-11-3-2-9-6-11/h2-3,6-7,12H,4-5H2,1H3,(H,10,13)/t7-/m0/s1. The topological polar surface area (TPSA) is 67.2 Å². The number of nitrogens with one attached hydrogen (secondary N) is 1. The predicted octanol–water partition coefficient (Wildman–Crippen LogP) is -0.620. The number of carbonyl (C=O) groups is 1. The second-order valence-electron chi connectivity index (χ2n) is 2.89. The molecule has 13 heavy (non-hydrogen) atoms. The smallest absolute Gasteiger partial charge is 0.240 e. The Hall–Kier alpha value is -1.36. The Morgan fingerprint density at radius 2 is 2.54 bits per heavy atom. The molecule has 5 nitrogen and oxygen atoms in total. The predicted molar refractivity (Wildman–Crippen MR) is 46.9 cm³/mol. The number of hydrogen-bond donors (Lipinski definition) is 2. The minimum atomic E-state index is -0.198. The fourth-order valence-electron chi connectivity index (χ4n) is 0.912. The maximum atomic E-state index is 11.2. The third-order valence-electron chi connectivity index (χ3n) is 1.57. The number of aromatic nitrogens is 2. The molecule has 72 valence electrons. The second-order valence-corrected chi connectivity index (χ2v) is 2.89. The van der Waals surface area contributed by atoms with Gasteiger partial charge in [0.1, 0.15) is 6.54 Å². The summed E-state index contributed by atoms with van der Waals surface area (Å²) < 4.78 is 1.67. The molecule has 0 aliphatic rings. The molecular formula is C8H13N3O2. The van der Waals surface area contributed by atoms with Crippen LogP contribution in [0.5, 0.6) is 0 Å². The Balaban J connectivity index is 2.34. The van der Waals surface area contributed by atoms with Crippen molar-refractivity contribution >= 4 is 5.91 Å². The number of hydrogen-bond acceptors (Lipinski definition) is 3. The highest BCUT2D eigenvalue weighted by Gasteiger charge is 2.05. The molecule has 0 saturated carbocycles. The lowest BCUT2D eigenvalue weighted by Crippen LogP contribution is -2.37. The van der Waals surface area contributed by atoms with Gasteiger partial charge in [-0.25, -0.2) is 4.98 Å². The number of imidazole rings is 1. The third-order valence-corrected chi connectivity index (χ3v) is 1.57. The van der Waals surface area contributed by atoms with Gasteiger partial charge in [0.15, 0.2) is 0 Å². The first-order valence-electron chi connectivity index (χ1n) is 4.08. The molecule has 0 unspecified atom stereocenters. The molecule has 2 N–H and O–H groups in total. The van der Waals surface area contributed by atoms with E-state index in [2.05, 4.69) is 10.3 Å². The first-order valence-corrected chi connectivity index (χ1v) is 4.08. The molecule has 0 spiro atoms. The molecule has 0 bridgehead atoms. The van der Waals surface area contributed by atoms with Gasteiger partial charge in [-0.15, -0.1) is 0 Å². The molecule has 1 atom stereocenters. The summed E-state index contributed by atoms with van der Waals surface area (Å²) in [4.78, 5) is 15.0. The lowest BCUT2D eigenvalue weighted by atomic mass is 10.3. The van der Waals surface area contributed by atoms with E-state index in [0.717, 1.165) is 0 Å². The largest absolute Gasteiger partial charge is 0.394 e. The summed E-state index contributed by atoms with van der Waals surface area (Å²) in [7, 11) is 0. The molecule has 0 aromatic carbocycles. The van der Waals surface area contributed by atoms with Crippen LogP contribution < -0.4 is 5.32 Å². The number of amides is 1. The van der Waals surface area contributed by atoms with Crippen molar-refractivity contribution in [1.82, 2.24) is 14.9 Å². The van der Waals surface area contributed by atoms with E-state index in [1.165, 1.54) is 0 Å². The molecule has 1 rings (SSSR count). The maximum absolute atomic E-state index is 11.2. The van der Waals surface area contributed by atoms with Crippen molar-refractivity contribution in [3.8, 4) is 0 Å². The molecule has 1 aromatic rings. The van der Waals surface area contributed by atoms with Crippen molar-refractivity contribution < 1.29 is 9.90 Å². The lowest BCUT2D eigenvalue weighted by molar-refractivity contribution is -0.122. The van der Waals surface area contributed by atoms with E-state index in [4.69, 9.17) is 5.11 Å². The van der Waals surface area contributed by atoms with E-state index in [-0.39, 0.29) is 25.1 Å². The highest BCUT2D eigenvalue weighted by atomic mass is 16.3. The van der Waals surface area contributed by atoms with Gasteiger partial charge in [0.05, 0.1) is 12.9 Å². The van der Waals surface area contributed by atoms with Crippen LogP contribution in [0.1, 0.15) is 6.92 Å². The lowest BCUT2D eigenvalue weighted by Gasteiger charge is -2.10. The van der Waals surface area contributed by atoms with E-state index in [9.17, 15) is 4.79 Å². The zero-order valence-electron chi connectivity index (χ0n) is 7.47. The molecule has 1 heterocycles. The van der Waals surface area contributed by atoms with Gasteiger partial charge in [0.25, 0.3) is 0 Å². The molecule has 0 aliphatic heterocycles. The Labute approximate surface area is 76.4 Å². The molecule has 0 saturated heterocycles. The first-order chi connectivity index (χ1) is 6.22. The summed E-state index contributed by atoms with van der Waals surface area (Å²) in [5.41, 5.74) is 0. The van der Waals surface area contributed by atoms with Crippen LogP contribution in [0.25, 0.3) is 0 Å². The van der Waals surface area contributed by atoms with Crippen molar-refractivity contribution in [3.05, 3.63) is 18.7 Å². The van der Waals surface area contributed by atoms with Crippen LogP contribution in [0.15, 0.2) is 18.7 Å². The zero-order chi connectivity index (χ0) is 9.68. The Morgan fingerprint density at radius 1 is 1.77 bits per heavy atom. The zero-order valence-corrected chi connectivity index (χ0v) is 7.47. The molecule has 1 amide bonds. The molecule has 0 radical (unpaired) electrons. The number of aliphatic hydroxyl groups excluding tert-OH is 1. The van der Waals surface area contributed by atoms with E-state index >= 15 is 0 Å². The summed E-state index contributed by atoms with van der Waals surface area (Å²) in [6.45, 7) is 1.94. The fourth-order valence-corrected chi connectivity index (χ4v) is 0.912. The highest BCUT2D eigenvalue weighted by molar-refractivity contribution is 5.75. The molecular weight excluding hydrogens is 170 g/mol. The number of nitrogens with zero attached hydrogens (tertiary/aromatic N) is 2. The summed E-state index contributed by atoms with van der Waals surface area (Å²) in [5.74, 6) is -0.125. The highest BCUT2D eigenvalue weighted by Crippen LogP contribution is 1.86.